The summed E-state index contributed by atoms with van der Waals surface area (Å²) in [5.74, 6) is 0.00546. The smallest absolute Gasteiger partial charge is 0.308 e. The molecule has 0 saturated carbocycles. The third-order valence-corrected chi connectivity index (χ3v) is 4.78. The van der Waals surface area contributed by atoms with Crippen LogP contribution < -0.4 is 0 Å². The van der Waals surface area contributed by atoms with E-state index in [1.165, 1.54) is 58.2 Å². The van der Waals surface area contributed by atoms with E-state index in [2.05, 4.69) is 20.8 Å². The number of hydrogen-bond donors (Lipinski definition) is 0. The third kappa shape index (κ3) is 8.77. The first-order chi connectivity index (χ1) is 10.5. The van der Waals surface area contributed by atoms with Crippen molar-refractivity contribution in [2.45, 2.75) is 79.6 Å². The van der Waals surface area contributed by atoms with Gasteiger partial charge in [0.25, 0.3) is 0 Å². The molecule has 0 spiro atoms. The zero-order valence-electron chi connectivity index (χ0n) is 15.8. The van der Waals surface area contributed by atoms with Gasteiger partial charge in [-0.05, 0) is 25.7 Å². The maximum Gasteiger partial charge on any atom is 0.308 e. The third-order valence-electron chi connectivity index (χ3n) is 4.78. The molecule has 0 aliphatic heterocycles. The molecule has 0 radical (unpaired) electrons. The standard InChI is InChI=1S/C19H40NO2/c1-6-10-13-20(14-11-7-2,15-12-8-3)16-17-22-19(21)18(5)9-4/h18H,6-17H2,1-5H3/q+1. The Morgan fingerprint density at radius 3 is 1.68 bits per heavy atom. The minimum atomic E-state index is -0.0259. The van der Waals surface area contributed by atoms with Gasteiger partial charge in [0.15, 0.2) is 0 Å². The van der Waals surface area contributed by atoms with E-state index >= 15 is 0 Å². The van der Waals surface area contributed by atoms with Gasteiger partial charge in [0, 0.05) is 0 Å². The molecule has 0 N–H and O–H groups in total. The van der Waals surface area contributed by atoms with Gasteiger partial charge in [0.05, 0.1) is 25.6 Å². The molecule has 132 valence electrons. The normalized spacial score (nSPS) is 13.1. The second-order valence-corrected chi connectivity index (χ2v) is 6.77. The Kier molecular flexibility index (Phi) is 12.6. The molecular weight excluding hydrogens is 274 g/mol. The highest BCUT2D eigenvalue weighted by Crippen LogP contribution is 2.15. The minimum Gasteiger partial charge on any atom is -0.459 e. The van der Waals surface area contributed by atoms with Gasteiger partial charge in [-0.2, -0.15) is 0 Å². The first kappa shape index (κ1) is 21.4. The van der Waals surface area contributed by atoms with Crippen molar-refractivity contribution in [2.24, 2.45) is 5.92 Å². The van der Waals surface area contributed by atoms with E-state index in [1.54, 1.807) is 0 Å². The fraction of sp³-hybridized carbons (Fsp3) is 0.947. The van der Waals surface area contributed by atoms with E-state index < -0.39 is 0 Å². The van der Waals surface area contributed by atoms with Crippen LogP contribution in [-0.4, -0.2) is 43.2 Å². The highest BCUT2D eigenvalue weighted by atomic mass is 16.5. The Morgan fingerprint density at radius 1 is 0.864 bits per heavy atom. The minimum absolute atomic E-state index is 0.0259. The zero-order chi connectivity index (χ0) is 16.8. The molecule has 1 atom stereocenters. The second kappa shape index (κ2) is 12.9. The maximum atomic E-state index is 11.9. The Balaban J connectivity index is 4.60. The molecule has 22 heavy (non-hydrogen) atoms. The Morgan fingerprint density at radius 2 is 1.32 bits per heavy atom. The lowest BCUT2D eigenvalue weighted by Crippen LogP contribution is -2.52. The van der Waals surface area contributed by atoms with E-state index in [0.29, 0.717) is 6.61 Å². The summed E-state index contributed by atoms with van der Waals surface area (Å²) in [6, 6.07) is 0. The molecule has 0 heterocycles. The number of rotatable bonds is 14. The maximum absolute atomic E-state index is 11.9. The molecule has 0 bridgehead atoms. The number of unbranched alkanes of at least 4 members (excludes halogenated alkanes) is 3. The van der Waals surface area contributed by atoms with Crippen LogP contribution in [0.15, 0.2) is 0 Å². The van der Waals surface area contributed by atoms with Gasteiger partial charge >= 0.3 is 5.97 Å². The van der Waals surface area contributed by atoms with Crippen molar-refractivity contribution in [1.82, 2.24) is 0 Å². The highest BCUT2D eigenvalue weighted by molar-refractivity contribution is 5.71. The number of hydrogen-bond acceptors (Lipinski definition) is 2. The summed E-state index contributed by atoms with van der Waals surface area (Å²) in [7, 11) is 0. The zero-order valence-corrected chi connectivity index (χ0v) is 15.8. The lowest BCUT2D eigenvalue weighted by molar-refractivity contribution is -0.929. The van der Waals surface area contributed by atoms with Crippen molar-refractivity contribution in [3.8, 4) is 0 Å². The first-order valence-corrected chi connectivity index (χ1v) is 9.56. The van der Waals surface area contributed by atoms with Gasteiger partial charge in [-0.25, -0.2) is 0 Å². The van der Waals surface area contributed by atoms with Crippen LogP contribution in [-0.2, 0) is 9.53 Å². The average molecular weight is 315 g/mol. The van der Waals surface area contributed by atoms with Crippen molar-refractivity contribution in [3.63, 3.8) is 0 Å². The largest absolute Gasteiger partial charge is 0.459 e. The summed E-state index contributed by atoms with van der Waals surface area (Å²) in [5, 5.41) is 0. The van der Waals surface area contributed by atoms with Crippen LogP contribution in [0.2, 0.25) is 0 Å². The van der Waals surface area contributed by atoms with Crippen molar-refractivity contribution >= 4 is 5.97 Å². The number of esters is 1. The van der Waals surface area contributed by atoms with Gasteiger partial charge in [0.1, 0.15) is 13.2 Å². The molecular formula is C19H40NO2+. The lowest BCUT2D eigenvalue weighted by atomic mass is 10.1. The second-order valence-electron chi connectivity index (χ2n) is 6.77. The molecule has 0 aliphatic rings. The molecule has 3 heteroatoms. The Hall–Kier alpha value is -0.570. The van der Waals surface area contributed by atoms with Crippen molar-refractivity contribution < 1.29 is 14.0 Å². The van der Waals surface area contributed by atoms with Crippen LogP contribution in [0.25, 0.3) is 0 Å². The number of carbonyl (C=O) groups is 1. The number of quaternary nitrogens is 1. The van der Waals surface area contributed by atoms with Crippen LogP contribution in [0.3, 0.4) is 0 Å². The summed E-state index contributed by atoms with van der Waals surface area (Å²) in [5.41, 5.74) is 0. The van der Waals surface area contributed by atoms with Gasteiger partial charge < -0.3 is 9.22 Å². The average Bonchev–Trinajstić information content (AvgIpc) is 2.54. The van der Waals surface area contributed by atoms with Crippen molar-refractivity contribution in [3.05, 3.63) is 0 Å². The summed E-state index contributed by atoms with van der Waals surface area (Å²) in [6.07, 6.45) is 8.40. The molecule has 0 rings (SSSR count). The molecule has 0 aromatic heterocycles. The molecule has 0 amide bonds. The van der Waals surface area contributed by atoms with E-state index in [4.69, 9.17) is 4.74 Å². The van der Waals surface area contributed by atoms with E-state index in [-0.39, 0.29) is 11.9 Å². The number of nitrogens with zero attached hydrogens (tertiary/aromatic N) is 1. The number of ether oxygens (including phenoxy) is 1. The predicted molar refractivity (Wildman–Crippen MR) is 94.9 cm³/mol. The fourth-order valence-corrected chi connectivity index (χ4v) is 2.80. The summed E-state index contributed by atoms with van der Waals surface area (Å²) >= 11 is 0. The van der Waals surface area contributed by atoms with Crippen LogP contribution in [0.4, 0.5) is 0 Å². The van der Waals surface area contributed by atoms with E-state index in [1.807, 2.05) is 13.8 Å². The van der Waals surface area contributed by atoms with Crippen LogP contribution in [0.1, 0.15) is 79.6 Å². The molecule has 0 fully saturated rings. The molecule has 3 nitrogen and oxygen atoms in total. The van der Waals surface area contributed by atoms with Crippen LogP contribution in [0.5, 0.6) is 0 Å². The molecule has 0 saturated heterocycles. The summed E-state index contributed by atoms with van der Waals surface area (Å²) in [4.78, 5) is 11.9. The predicted octanol–water partition coefficient (Wildman–Crippen LogP) is 4.79. The quantitative estimate of drug-likeness (QED) is 0.340. The van der Waals surface area contributed by atoms with Gasteiger partial charge in [0.2, 0.25) is 0 Å². The van der Waals surface area contributed by atoms with Gasteiger partial charge in [-0.1, -0.05) is 53.9 Å². The topological polar surface area (TPSA) is 26.3 Å². The fourth-order valence-electron chi connectivity index (χ4n) is 2.80. The van der Waals surface area contributed by atoms with E-state index in [0.717, 1.165) is 17.4 Å². The first-order valence-electron chi connectivity index (χ1n) is 9.56. The molecule has 0 aromatic rings. The highest BCUT2D eigenvalue weighted by Gasteiger charge is 2.26. The van der Waals surface area contributed by atoms with E-state index in [9.17, 15) is 4.79 Å². The molecule has 1 unspecified atom stereocenters. The SMILES string of the molecule is CCCC[N+](CCCC)(CCCC)CCOC(=O)C(C)CC. The Labute approximate surface area is 139 Å². The number of carbonyl (C=O) groups excluding carboxylic acids is 1. The lowest BCUT2D eigenvalue weighted by Gasteiger charge is -2.39. The monoisotopic (exact) mass is 314 g/mol. The molecule has 0 aromatic carbocycles. The summed E-state index contributed by atoms with van der Waals surface area (Å²) < 4.78 is 6.68. The summed E-state index contributed by atoms with van der Waals surface area (Å²) in [6.45, 7) is 16.0. The van der Waals surface area contributed by atoms with Crippen molar-refractivity contribution in [2.75, 3.05) is 32.8 Å². The van der Waals surface area contributed by atoms with Crippen LogP contribution >= 0.6 is 0 Å². The Bertz CT molecular complexity index is 257. The van der Waals surface area contributed by atoms with Crippen LogP contribution in [0, 0.1) is 5.92 Å². The van der Waals surface area contributed by atoms with Gasteiger partial charge in [-0.15, -0.1) is 0 Å². The van der Waals surface area contributed by atoms with Crippen molar-refractivity contribution in [1.29, 1.82) is 0 Å². The van der Waals surface area contributed by atoms with Gasteiger partial charge in [-0.3, -0.25) is 4.79 Å². The molecule has 0 aliphatic carbocycles.